The van der Waals surface area contributed by atoms with Gasteiger partial charge in [0.1, 0.15) is 0 Å². The van der Waals surface area contributed by atoms with Crippen LogP contribution in [-0.4, -0.2) is 125 Å². The first-order chi connectivity index (χ1) is 18.4. The lowest BCUT2D eigenvalue weighted by atomic mass is 10.2. The average Bonchev–Trinajstić information content (AvgIpc) is 2.92. The second-order valence-corrected chi connectivity index (χ2v) is 8.94. The molecule has 0 aliphatic rings. The summed E-state index contributed by atoms with van der Waals surface area (Å²) in [6, 6.07) is 0. The third kappa shape index (κ3) is 21.7. The molecular weight excluding hydrogens is 492 g/mol. The van der Waals surface area contributed by atoms with E-state index in [0.717, 1.165) is 25.9 Å². The fourth-order valence-electron chi connectivity index (χ4n) is 3.58. The van der Waals surface area contributed by atoms with E-state index in [1.165, 1.54) is 0 Å². The highest BCUT2D eigenvalue weighted by molar-refractivity contribution is 5.77. The van der Waals surface area contributed by atoms with Gasteiger partial charge in [0, 0.05) is 104 Å². The molecule has 0 aromatic carbocycles. The molecule has 0 rings (SSSR count). The summed E-state index contributed by atoms with van der Waals surface area (Å²) in [5.74, 6) is -0.278. The Hall–Kier alpha value is -2.36. The second-order valence-electron chi connectivity index (χ2n) is 8.94. The summed E-state index contributed by atoms with van der Waals surface area (Å²) in [6.07, 6.45) is 2.98. The highest BCUT2D eigenvalue weighted by Crippen LogP contribution is 2.04. The molecule has 0 aliphatic heterocycles. The first-order valence-corrected chi connectivity index (χ1v) is 13.7. The van der Waals surface area contributed by atoms with Gasteiger partial charge in [0.05, 0.1) is 0 Å². The van der Waals surface area contributed by atoms with Crippen molar-refractivity contribution in [3.63, 3.8) is 0 Å². The molecule has 0 fully saturated rings. The van der Waals surface area contributed by atoms with Crippen molar-refractivity contribution in [3.8, 4) is 0 Å². The number of carbonyl (C=O) groups excluding carboxylic acids is 4. The topological polar surface area (TPSA) is 227 Å². The predicted octanol–water partition coefficient (Wildman–Crippen LogP) is -3.77. The third-order valence-corrected chi connectivity index (χ3v) is 5.69. The smallest absolute Gasteiger partial charge is 0.221 e. The van der Waals surface area contributed by atoms with Gasteiger partial charge in [0.15, 0.2) is 0 Å². The molecule has 0 unspecified atom stereocenters. The van der Waals surface area contributed by atoms with E-state index in [9.17, 15) is 19.2 Å². The molecule has 4 amide bonds. The Morgan fingerprint density at radius 2 is 0.658 bits per heavy atom. The number of nitrogens with zero attached hydrogens (tertiary/aromatic N) is 2. The number of carbonyl (C=O) groups is 4. The lowest BCUT2D eigenvalue weighted by Crippen LogP contribution is -2.37. The van der Waals surface area contributed by atoms with Gasteiger partial charge in [0.25, 0.3) is 0 Å². The summed E-state index contributed by atoms with van der Waals surface area (Å²) < 4.78 is 0. The van der Waals surface area contributed by atoms with Crippen LogP contribution in [0.1, 0.15) is 38.5 Å². The summed E-state index contributed by atoms with van der Waals surface area (Å²) in [4.78, 5) is 52.3. The summed E-state index contributed by atoms with van der Waals surface area (Å²) >= 11 is 0. The zero-order chi connectivity index (χ0) is 28.4. The zero-order valence-electron chi connectivity index (χ0n) is 23.0. The van der Waals surface area contributed by atoms with Gasteiger partial charge in [-0.15, -0.1) is 0 Å². The first-order valence-electron chi connectivity index (χ1n) is 13.7. The maximum absolute atomic E-state index is 12.0. The molecule has 0 spiro atoms. The van der Waals surface area contributed by atoms with Crippen LogP contribution < -0.4 is 44.2 Å². The van der Waals surface area contributed by atoms with E-state index in [1.807, 2.05) is 0 Å². The van der Waals surface area contributed by atoms with Gasteiger partial charge in [-0.05, 0) is 25.9 Å². The Labute approximate surface area is 227 Å². The van der Waals surface area contributed by atoms with Gasteiger partial charge >= 0.3 is 0 Å². The van der Waals surface area contributed by atoms with Crippen LogP contribution in [0.25, 0.3) is 0 Å². The minimum absolute atomic E-state index is 0.0694. The molecule has 14 nitrogen and oxygen atoms in total. The summed E-state index contributed by atoms with van der Waals surface area (Å²) in [6.45, 7) is 6.86. The maximum Gasteiger partial charge on any atom is 0.221 e. The minimum atomic E-state index is -0.0694. The van der Waals surface area contributed by atoms with Crippen LogP contribution >= 0.6 is 0 Å². The van der Waals surface area contributed by atoms with Crippen LogP contribution in [-0.2, 0) is 19.2 Å². The number of amides is 4. The van der Waals surface area contributed by atoms with E-state index in [-0.39, 0.29) is 23.6 Å². The molecule has 0 radical (unpaired) electrons. The number of hydrogen-bond donors (Lipinski definition) is 8. The standard InChI is InChI=1S/C24H52N10O4/c25-7-11-29-21(35)3-17-33(18-4-22(36)30-12-8-26)15-1-2-16-34(19-5-23(37)31-13-9-27)20-6-24(38)32-14-10-28/h1-20,25-28H2,(H,29,35)(H,30,36)(H,31,37)(H,32,38). The van der Waals surface area contributed by atoms with Crippen molar-refractivity contribution < 1.29 is 19.2 Å². The van der Waals surface area contributed by atoms with Crippen LogP contribution in [0, 0.1) is 0 Å². The van der Waals surface area contributed by atoms with Crippen LogP contribution in [0.4, 0.5) is 0 Å². The maximum atomic E-state index is 12.0. The molecule has 0 aliphatic carbocycles. The van der Waals surface area contributed by atoms with Crippen molar-refractivity contribution in [2.24, 2.45) is 22.9 Å². The first kappa shape index (κ1) is 35.6. The third-order valence-electron chi connectivity index (χ3n) is 5.69. The van der Waals surface area contributed by atoms with Crippen LogP contribution in [0.5, 0.6) is 0 Å². The number of unbranched alkanes of at least 4 members (excludes halogenated alkanes) is 1. The predicted molar refractivity (Wildman–Crippen MR) is 149 cm³/mol. The van der Waals surface area contributed by atoms with E-state index >= 15 is 0 Å². The number of nitrogens with one attached hydrogen (secondary N) is 4. The number of rotatable bonds is 25. The van der Waals surface area contributed by atoms with E-state index in [1.54, 1.807) is 0 Å². The van der Waals surface area contributed by atoms with Crippen molar-refractivity contribution in [3.05, 3.63) is 0 Å². The van der Waals surface area contributed by atoms with Crippen LogP contribution in [0.3, 0.4) is 0 Å². The van der Waals surface area contributed by atoms with Gasteiger partial charge in [-0.25, -0.2) is 0 Å². The van der Waals surface area contributed by atoms with Crippen molar-refractivity contribution in [1.29, 1.82) is 0 Å². The Kier molecular flexibility index (Phi) is 23.4. The summed E-state index contributed by atoms with van der Waals surface area (Å²) in [5, 5.41) is 11.1. The Morgan fingerprint density at radius 3 is 0.868 bits per heavy atom. The van der Waals surface area contributed by atoms with Gasteiger partial charge in [0.2, 0.25) is 23.6 Å². The monoisotopic (exact) mass is 544 g/mol. The van der Waals surface area contributed by atoms with E-state index in [2.05, 4.69) is 31.1 Å². The van der Waals surface area contributed by atoms with E-state index in [0.29, 0.717) is 104 Å². The highest BCUT2D eigenvalue weighted by atomic mass is 16.2. The van der Waals surface area contributed by atoms with Gasteiger partial charge in [-0.2, -0.15) is 0 Å². The van der Waals surface area contributed by atoms with Crippen molar-refractivity contribution in [2.45, 2.75) is 38.5 Å². The molecule has 0 heterocycles. The van der Waals surface area contributed by atoms with Crippen molar-refractivity contribution in [2.75, 3.05) is 91.6 Å². The fraction of sp³-hybridized carbons (Fsp3) is 0.833. The molecule has 0 bridgehead atoms. The lowest BCUT2D eigenvalue weighted by Gasteiger charge is -2.24. The molecule has 14 heteroatoms. The van der Waals surface area contributed by atoms with Crippen molar-refractivity contribution in [1.82, 2.24) is 31.1 Å². The largest absolute Gasteiger partial charge is 0.355 e. The Morgan fingerprint density at radius 1 is 0.421 bits per heavy atom. The summed E-state index contributed by atoms with van der Waals surface area (Å²) in [5.41, 5.74) is 21.8. The Bertz CT molecular complexity index is 552. The number of nitrogens with two attached hydrogens (primary N) is 4. The molecule has 0 aromatic heterocycles. The normalized spacial score (nSPS) is 11.0. The molecular formula is C24H52N10O4. The quantitative estimate of drug-likeness (QED) is 0.0523. The average molecular weight is 545 g/mol. The lowest BCUT2D eigenvalue weighted by molar-refractivity contribution is -0.123. The zero-order valence-corrected chi connectivity index (χ0v) is 23.0. The van der Waals surface area contributed by atoms with E-state index < -0.39 is 0 Å². The van der Waals surface area contributed by atoms with Crippen LogP contribution in [0.2, 0.25) is 0 Å². The molecule has 38 heavy (non-hydrogen) atoms. The van der Waals surface area contributed by atoms with Gasteiger partial charge in [-0.3, -0.25) is 19.2 Å². The number of hydrogen-bond acceptors (Lipinski definition) is 10. The second kappa shape index (κ2) is 24.9. The van der Waals surface area contributed by atoms with Gasteiger partial charge in [-0.1, -0.05) is 0 Å². The molecule has 0 saturated carbocycles. The molecule has 0 aromatic rings. The van der Waals surface area contributed by atoms with Crippen molar-refractivity contribution >= 4 is 23.6 Å². The van der Waals surface area contributed by atoms with Crippen LogP contribution in [0.15, 0.2) is 0 Å². The van der Waals surface area contributed by atoms with Gasteiger partial charge < -0.3 is 54.0 Å². The van der Waals surface area contributed by atoms with E-state index in [4.69, 9.17) is 22.9 Å². The Balaban J connectivity index is 4.77. The molecule has 0 saturated heterocycles. The summed E-state index contributed by atoms with van der Waals surface area (Å²) in [7, 11) is 0. The highest BCUT2D eigenvalue weighted by Gasteiger charge is 2.13. The fourth-order valence-corrected chi connectivity index (χ4v) is 3.58. The molecule has 222 valence electrons. The molecule has 12 N–H and O–H groups in total. The SMILES string of the molecule is NCCNC(=O)CCN(CCCCN(CCC(=O)NCCN)CCC(=O)NCCN)CCC(=O)NCCN. The molecule has 0 atom stereocenters. The minimum Gasteiger partial charge on any atom is -0.355 e.